The molecule has 0 fully saturated rings. The molecule has 0 heterocycles. The molecule has 5 aromatic rings. The number of amidine groups is 1. The number of nitrogens with one attached hydrogen (secondary N) is 2. The Morgan fingerprint density at radius 3 is 1.96 bits per heavy atom. The molecular weight excluding hydrogens is 582 g/mol. The molecule has 228 valence electrons. The number of nitrogen functional groups attached to an aromatic ring is 1. The van der Waals surface area contributed by atoms with Crippen molar-refractivity contribution in [2.75, 3.05) is 5.32 Å². The molecule has 1 atom stereocenters. The number of carbonyl (C=O) groups is 1. The van der Waals surface area contributed by atoms with Gasteiger partial charge in [-0.2, -0.15) is 0 Å². The summed E-state index contributed by atoms with van der Waals surface area (Å²) in [5, 5.41) is 16.4. The summed E-state index contributed by atoms with van der Waals surface area (Å²) in [7, 11) is -3.91. The lowest BCUT2D eigenvalue weighted by Gasteiger charge is -2.31. The molecule has 0 aliphatic heterocycles. The largest absolute Gasteiger partial charge is 0.384 e. The second kappa shape index (κ2) is 14.1. The lowest BCUT2D eigenvalue weighted by atomic mass is 10.0. The van der Waals surface area contributed by atoms with Crippen molar-refractivity contribution in [1.29, 1.82) is 5.41 Å². The highest BCUT2D eigenvalue weighted by Gasteiger charge is 2.27. The summed E-state index contributed by atoms with van der Waals surface area (Å²) in [6.07, 6.45) is 0.464. The first kappa shape index (κ1) is 31.3. The highest BCUT2D eigenvalue weighted by atomic mass is 32.2. The van der Waals surface area contributed by atoms with Gasteiger partial charge in [0, 0.05) is 29.9 Å². The van der Waals surface area contributed by atoms with E-state index in [0.29, 0.717) is 41.9 Å². The quantitative estimate of drug-likeness (QED) is 0.107. The van der Waals surface area contributed by atoms with Crippen molar-refractivity contribution in [3.63, 3.8) is 0 Å². The Morgan fingerprint density at radius 1 is 0.733 bits per heavy atom. The molecular formula is C36H35N5O3S. The number of nitrogens with zero attached hydrogens (tertiary/aromatic N) is 1. The van der Waals surface area contributed by atoms with Gasteiger partial charge in [0.15, 0.2) is 0 Å². The number of rotatable bonds is 12. The van der Waals surface area contributed by atoms with Crippen LogP contribution in [0.25, 0.3) is 11.1 Å². The zero-order valence-corrected chi connectivity index (χ0v) is 25.5. The zero-order chi connectivity index (χ0) is 31.8. The molecule has 8 nitrogen and oxygen atoms in total. The van der Waals surface area contributed by atoms with Gasteiger partial charge in [0.25, 0.3) is 0 Å². The van der Waals surface area contributed by atoms with E-state index in [-0.39, 0.29) is 16.6 Å². The van der Waals surface area contributed by atoms with Gasteiger partial charge in [0.2, 0.25) is 15.9 Å². The normalized spacial score (nSPS) is 12.0. The van der Waals surface area contributed by atoms with Crippen LogP contribution in [0.5, 0.6) is 0 Å². The fourth-order valence-electron chi connectivity index (χ4n) is 5.30. The van der Waals surface area contributed by atoms with Crippen LogP contribution in [0.3, 0.4) is 0 Å². The number of amides is 1. The van der Waals surface area contributed by atoms with Crippen molar-refractivity contribution < 1.29 is 13.2 Å². The molecule has 5 aromatic carbocycles. The monoisotopic (exact) mass is 617 g/mol. The van der Waals surface area contributed by atoms with Gasteiger partial charge in [0.1, 0.15) is 5.84 Å². The van der Waals surface area contributed by atoms with Gasteiger partial charge < -0.3 is 11.1 Å². The summed E-state index contributed by atoms with van der Waals surface area (Å²) >= 11 is 0. The van der Waals surface area contributed by atoms with E-state index in [0.717, 1.165) is 16.7 Å². The second-order valence-electron chi connectivity index (χ2n) is 10.8. The van der Waals surface area contributed by atoms with Gasteiger partial charge in [-0.3, -0.25) is 15.1 Å². The molecule has 45 heavy (non-hydrogen) atoms. The fraction of sp³-hybridized carbons (Fsp3) is 0.111. The van der Waals surface area contributed by atoms with Crippen molar-refractivity contribution in [3.8, 4) is 11.1 Å². The lowest BCUT2D eigenvalue weighted by Crippen LogP contribution is -2.45. The van der Waals surface area contributed by atoms with E-state index >= 15 is 0 Å². The van der Waals surface area contributed by atoms with Crippen molar-refractivity contribution in [3.05, 3.63) is 156 Å². The highest BCUT2D eigenvalue weighted by Crippen LogP contribution is 2.28. The topological polar surface area (TPSA) is 142 Å². The highest BCUT2D eigenvalue weighted by molar-refractivity contribution is 7.89. The Balaban J connectivity index is 1.46. The van der Waals surface area contributed by atoms with E-state index in [1.807, 2.05) is 78.9 Å². The molecule has 0 radical (unpaired) electrons. The lowest BCUT2D eigenvalue weighted by molar-refractivity contribution is -0.121. The summed E-state index contributed by atoms with van der Waals surface area (Å²) in [5.74, 6) is -0.199. The SMILES string of the molecule is N=C(N)c1cccc(CN(Cc2ccccc2)C(Cc2ccccc2)C(=O)Nc2ccc(-c3ccccc3S(N)(=O)=O)cc2)c1. The summed E-state index contributed by atoms with van der Waals surface area (Å²) in [6.45, 7) is 0.962. The Kier molecular flexibility index (Phi) is 9.84. The van der Waals surface area contributed by atoms with Crippen LogP contribution < -0.4 is 16.2 Å². The number of hydrogen-bond acceptors (Lipinski definition) is 5. The molecule has 1 amide bonds. The maximum Gasteiger partial charge on any atom is 0.242 e. The third-order valence-electron chi connectivity index (χ3n) is 7.52. The maximum absolute atomic E-state index is 14.2. The molecule has 6 N–H and O–H groups in total. The first-order valence-electron chi connectivity index (χ1n) is 14.5. The van der Waals surface area contributed by atoms with Crippen molar-refractivity contribution in [2.45, 2.75) is 30.4 Å². The summed E-state index contributed by atoms with van der Waals surface area (Å²) < 4.78 is 24.3. The van der Waals surface area contributed by atoms with Crippen LogP contribution in [0.2, 0.25) is 0 Å². The summed E-state index contributed by atoms with van der Waals surface area (Å²) in [4.78, 5) is 16.3. The molecule has 0 saturated carbocycles. The van der Waals surface area contributed by atoms with Crippen molar-refractivity contribution >= 4 is 27.5 Å². The van der Waals surface area contributed by atoms with E-state index in [1.54, 1.807) is 48.5 Å². The Labute approximate surface area is 263 Å². The van der Waals surface area contributed by atoms with Crippen LogP contribution in [0, 0.1) is 5.41 Å². The van der Waals surface area contributed by atoms with Gasteiger partial charge in [-0.05, 0) is 52.9 Å². The standard InChI is InChI=1S/C36H35N5O3S/c37-35(38)30-15-9-14-28(22-30)25-41(24-27-12-5-2-6-13-27)33(23-26-10-3-1-4-11-26)36(42)40-31-20-18-29(19-21-31)32-16-7-8-17-34(32)45(39,43)44/h1-22,33H,23-25H2,(H3,37,38)(H,40,42)(H2,39,43,44). The molecule has 0 spiro atoms. The molecule has 0 bridgehead atoms. The van der Waals surface area contributed by atoms with Crippen molar-refractivity contribution in [1.82, 2.24) is 4.90 Å². The molecule has 9 heteroatoms. The number of anilines is 1. The van der Waals surface area contributed by atoms with Gasteiger partial charge in [-0.25, -0.2) is 13.6 Å². The van der Waals surface area contributed by atoms with Gasteiger partial charge in [-0.1, -0.05) is 109 Å². The number of benzene rings is 5. The van der Waals surface area contributed by atoms with Crippen LogP contribution in [0.1, 0.15) is 22.3 Å². The van der Waals surface area contributed by atoms with E-state index in [2.05, 4.69) is 10.2 Å². The van der Waals surface area contributed by atoms with E-state index in [1.165, 1.54) is 6.07 Å². The van der Waals surface area contributed by atoms with Gasteiger partial charge in [-0.15, -0.1) is 0 Å². The smallest absolute Gasteiger partial charge is 0.242 e. The molecule has 0 aliphatic carbocycles. The maximum atomic E-state index is 14.2. The number of nitrogens with two attached hydrogens (primary N) is 2. The Morgan fingerprint density at radius 2 is 1.31 bits per heavy atom. The first-order valence-corrected chi connectivity index (χ1v) is 16.0. The van der Waals surface area contributed by atoms with E-state index in [4.69, 9.17) is 16.3 Å². The second-order valence-corrected chi connectivity index (χ2v) is 12.3. The van der Waals surface area contributed by atoms with Crippen LogP contribution in [0.4, 0.5) is 5.69 Å². The van der Waals surface area contributed by atoms with E-state index in [9.17, 15) is 13.2 Å². The minimum Gasteiger partial charge on any atom is -0.384 e. The molecule has 0 aromatic heterocycles. The molecule has 0 saturated heterocycles. The molecule has 5 rings (SSSR count). The molecule has 0 aliphatic rings. The van der Waals surface area contributed by atoms with E-state index < -0.39 is 16.1 Å². The number of sulfonamides is 1. The predicted molar refractivity (Wildman–Crippen MR) is 179 cm³/mol. The predicted octanol–water partition coefficient (Wildman–Crippen LogP) is 5.54. The summed E-state index contributed by atoms with van der Waals surface area (Å²) in [5.41, 5.74) is 11.1. The number of carbonyl (C=O) groups excluding carboxylic acids is 1. The Hall–Kier alpha value is -5.09. The fourth-order valence-corrected chi connectivity index (χ4v) is 6.06. The molecule has 1 unspecified atom stereocenters. The first-order chi connectivity index (χ1) is 21.7. The number of hydrogen-bond donors (Lipinski definition) is 4. The van der Waals surface area contributed by atoms with Gasteiger partial charge in [0.05, 0.1) is 10.9 Å². The van der Waals surface area contributed by atoms with Crippen LogP contribution in [-0.4, -0.2) is 31.1 Å². The summed E-state index contributed by atoms with van der Waals surface area (Å²) in [6, 6.07) is 40.4. The third kappa shape index (κ3) is 8.30. The van der Waals surface area contributed by atoms with Crippen LogP contribution in [0.15, 0.2) is 138 Å². The van der Waals surface area contributed by atoms with Gasteiger partial charge >= 0.3 is 0 Å². The van der Waals surface area contributed by atoms with Crippen LogP contribution >= 0.6 is 0 Å². The average Bonchev–Trinajstić information content (AvgIpc) is 3.04. The Bertz CT molecular complexity index is 1880. The third-order valence-corrected chi connectivity index (χ3v) is 8.49. The number of primary sulfonamides is 1. The minimum atomic E-state index is -3.91. The van der Waals surface area contributed by atoms with Crippen molar-refractivity contribution in [2.24, 2.45) is 10.9 Å². The minimum absolute atomic E-state index is 0.0137. The van der Waals surface area contributed by atoms with Crippen LogP contribution in [-0.2, 0) is 34.3 Å². The zero-order valence-electron chi connectivity index (χ0n) is 24.6. The average molecular weight is 618 g/mol.